The maximum atomic E-state index is 3.68. The lowest BCUT2D eigenvalue weighted by Gasteiger charge is -2.40. The first-order chi connectivity index (χ1) is 8.56. The van der Waals surface area contributed by atoms with Crippen molar-refractivity contribution in [3.63, 3.8) is 0 Å². The largest absolute Gasteiger partial charge is 0.311 e. The Hall–Kier alpha value is -0.470. The van der Waals surface area contributed by atoms with E-state index < -0.39 is 0 Å². The molecular formula is C16H25NS. The van der Waals surface area contributed by atoms with Crippen molar-refractivity contribution in [3.05, 3.63) is 34.4 Å². The van der Waals surface area contributed by atoms with Crippen LogP contribution in [0.1, 0.15) is 41.5 Å². The van der Waals surface area contributed by atoms with Gasteiger partial charge in [-0.1, -0.05) is 24.1 Å². The lowest BCUT2D eigenvalue weighted by molar-refractivity contribution is 0.345. The minimum Gasteiger partial charge on any atom is -0.311 e. The first kappa shape index (κ1) is 14.0. The third-order valence-corrected chi connectivity index (χ3v) is 5.71. The monoisotopic (exact) mass is 263 g/mol. The van der Waals surface area contributed by atoms with Gasteiger partial charge < -0.3 is 5.32 Å². The maximum absolute atomic E-state index is 3.68. The van der Waals surface area contributed by atoms with Gasteiger partial charge in [-0.2, -0.15) is 11.8 Å². The van der Waals surface area contributed by atoms with Crippen LogP contribution in [0.25, 0.3) is 0 Å². The van der Waals surface area contributed by atoms with Gasteiger partial charge in [0.1, 0.15) is 0 Å². The molecule has 0 aromatic heterocycles. The Kier molecular flexibility index (Phi) is 4.39. The van der Waals surface area contributed by atoms with Crippen LogP contribution < -0.4 is 5.32 Å². The zero-order chi connectivity index (χ0) is 13.2. The van der Waals surface area contributed by atoms with E-state index >= 15 is 0 Å². The summed E-state index contributed by atoms with van der Waals surface area (Å²) in [6.45, 7) is 8.80. The molecule has 2 heteroatoms. The van der Waals surface area contributed by atoms with Gasteiger partial charge in [-0.3, -0.25) is 0 Å². The number of aryl methyl sites for hydroxylation is 3. The van der Waals surface area contributed by atoms with Crippen molar-refractivity contribution in [1.29, 1.82) is 0 Å². The molecule has 1 aromatic carbocycles. The minimum absolute atomic E-state index is 0.534. The second kappa shape index (κ2) is 5.66. The van der Waals surface area contributed by atoms with Gasteiger partial charge in [-0.15, -0.1) is 0 Å². The number of nitrogens with one attached hydrogen (secondary N) is 1. The molecule has 1 N–H and O–H groups in total. The van der Waals surface area contributed by atoms with E-state index in [1.165, 1.54) is 41.5 Å². The molecule has 0 bridgehead atoms. The highest BCUT2D eigenvalue weighted by Gasteiger charge is 2.35. The van der Waals surface area contributed by atoms with Gasteiger partial charge in [-0.25, -0.2) is 0 Å². The lowest BCUT2D eigenvalue weighted by atomic mass is 9.84. The predicted octanol–water partition coefficient (Wildman–Crippen LogP) is 3.99. The number of hydrogen-bond donors (Lipinski definition) is 1. The van der Waals surface area contributed by atoms with Crippen LogP contribution in [0.2, 0.25) is 0 Å². The Morgan fingerprint density at radius 1 is 1.17 bits per heavy atom. The molecule has 100 valence electrons. The Labute approximate surface area is 116 Å². The maximum Gasteiger partial charge on any atom is 0.0281 e. The van der Waals surface area contributed by atoms with Gasteiger partial charge >= 0.3 is 0 Å². The summed E-state index contributed by atoms with van der Waals surface area (Å²) < 4.78 is 0.534. The second-order valence-electron chi connectivity index (χ2n) is 5.72. The molecule has 0 aliphatic heterocycles. The molecule has 18 heavy (non-hydrogen) atoms. The molecule has 0 saturated heterocycles. The summed E-state index contributed by atoms with van der Waals surface area (Å²) in [4.78, 5) is 0. The van der Waals surface area contributed by atoms with E-state index in [0.717, 1.165) is 13.1 Å². The van der Waals surface area contributed by atoms with Gasteiger partial charge in [-0.05, 0) is 56.6 Å². The zero-order valence-corrected chi connectivity index (χ0v) is 12.9. The van der Waals surface area contributed by atoms with Crippen molar-refractivity contribution in [3.8, 4) is 0 Å². The zero-order valence-electron chi connectivity index (χ0n) is 12.1. The van der Waals surface area contributed by atoms with E-state index in [2.05, 4.69) is 44.5 Å². The fraction of sp³-hybridized carbons (Fsp3) is 0.625. The van der Waals surface area contributed by atoms with E-state index in [0.29, 0.717) is 4.75 Å². The molecule has 1 aliphatic carbocycles. The van der Waals surface area contributed by atoms with E-state index in [9.17, 15) is 0 Å². The summed E-state index contributed by atoms with van der Waals surface area (Å²) in [7, 11) is 0. The quantitative estimate of drug-likeness (QED) is 0.862. The average Bonchev–Trinajstić information content (AvgIpc) is 2.25. The van der Waals surface area contributed by atoms with Crippen LogP contribution in [-0.4, -0.2) is 17.5 Å². The second-order valence-corrected chi connectivity index (χ2v) is 7.00. The molecule has 2 rings (SSSR count). The summed E-state index contributed by atoms with van der Waals surface area (Å²) in [5, 5.41) is 3.68. The number of hydrogen-bond acceptors (Lipinski definition) is 2. The molecule has 0 amide bonds. The predicted molar refractivity (Wildman–Crippen MR) is 82.5 cm³/mol. The summed E-state index contributed by atoms with van der Waals surface area (Å²) >= 11 is 2.04. The summed E-state index contributed by atoms with van der Waals surface area (Å²) in [6, 6.07) is 4.58. The summed E-state index contributed by atoms with van der Waals surface area (Å²) in [5.41, 5.74) is 5.70. The number of thioether (sulfide) groups is 1. The normalized spacial score (nSPS) is 17.6. The Morgan fingerprint density at radius 3 is 2.22 bits per heavy atom. The molecule has 0 spiro atoms. The third-order valence-electron chi connectivity index (χ3n) is 4.29. The van der Waals surface area contributed by atoms with Crippen molar-refractivity contribution < 1.29 is 0 Å². The van der Waals surface area contributed by atoms with Crippen LogP contribution in [0.3, 0.4) is 0 Å². The van der Waals surface area contributed by atoms with Crippen molar-refractivity contribution in [2.24, 2.45) is 0 Å². The standard InChI is InChI=1S/C16H25NS/c1-12-8-13(2)15(14(3)9-12)10-17-11-16(18-4)6-5-7-16/h8-9,17H,5-7,10-11H2,1-4H3. The molecule has 0 heterocycles. The van der Waals surface area contributed by atoms with Crippen LogP contribution in [-0.2, 0) is 6.54 Å². The van der Waals surface area contributed by atoms with Crippen LogP contribution in [0.15, 0.2) is 12.1 Å². The number of benzene rings is 1. The highest BCUT2D eigenvalue weighted by Crippen LogP contribution is 2.42. The molecular weight excluding hydrogens is 238 g/mol. The van der Waals surface area contributed by atoms with Gasteiger partial charge in [0, 0.05) is 17.8 Å². The van der Waals surface area contributed by atoms with E-state index in [4.69, 9.17) is 0 Å². The van der Waals surface area contributed by atoms with E-state index in [-0.39, 0.29) is 0 Å². The highest BCUT2D eigenvalue weighted by molar-refractivity contribution is 8.00. The van der Waals surface area contributed by atoms with Crippen LogP contribution in [0.4, 0.5) is 0 Å². The fourth-order valence-electron chi connectivity index (χ4n) is 2.93. The molecule has 1 saturated carbocycles. The minimum atomic E-state index is 0.534. The van der Waals surface area contributed by atoms with Crippen molar-refractivity contribution >= 4 is 11.8 Å². The first-order valence-electron chi connectivity index (χ1n) is 6.89. The molecule has 0 unspecified atom stereocenters. The number of rotatable bonds is 5. The molecule has 1 nitrogen and oxygen atoms in total. The first-order valence-corrected chi connectivity index (χ1v) is 8.11. The van der Waals surface area contributed by atoms with Gasteiger partial charge in [0.25, 0.3) is 0 Å². The van der Waals surface area contributed by atoms with Crippen LogP contribution in [0, 0.1) is 20.8 Å². The van der Waals surface area contributed by atoms with Crippen molar-refractivity contribution in [2.45, 2.75) is 51.3 Å². The van der Waals surface area contributed by atoms with Gasteiger partial charge in [0.15, 0.2) is 0 Å². The van der Waals surface area contributed by atoms with Crippen LogP contribution in [0.5, 0.6) is 0 Å². The van der Waals surface area contributed by atoms with Gasteiger partial charge in [0.2, 0.25) is 0 Å². The molecule has 0 radical (unpaired) electrons. The van der Waals surface area contributed by atoms with E-state index in [1.807, 2.05) is 11.8 Å². The molecule has 0 atom stereocenters. The topological polar surface area (TPSA) is 12.0 Å². The van der Waals surface area contributed by atoms with Crippen molar-refractivity contribution in [2.75, 3.05) is 12.8 Å². The summed E-state index contributed by atoms with van der Waals surface area (Å²) in [6.07, 6.45) is 6.42. The third kappa shape index (κ3) is 2.92. The molecule has 1 fully saturated rings. The van der Waals surface area contributed by atoms with Gasteiger partial charge in [0.05, 0.1) is 0 Å². The highest BCUT2D eigenvalue weighted by atomic mass is 32.2. The fourth-order valence-corrected chi connectivity index (χ4v) is 3.87. The smallest absolute Gasteiger partial charge is 0.0281 e. The van der Waals surface area contributed by atoms with Crippen molar-refractivity contribution in [1.82, 2.24) is 5.32 Å². The molecule has 1 aliphatic rings. The molecule has 1 aromatic rings. The average molecular weight is 263 g/mol. The Morgan fingerprint density at radius 2 is 1.78 bits per heavy atom. The van der Waals surface area contributed by atoms with E-state index in [1.54, 1.807) is 0 Å². The van der Waals surface area contributed by atoms with Crippen LogP contribution >= 0.6 is 11.8 Å². The summed E-state index contributed by atoms with van der Waals surface area (Å²) in [5.74, 6) is 0. The Balaban J connectivity index is 1.94. The SMILES string of the molecule is CSC1(CNCc2c(C)cc(C)cc2C)CCC1. The Bertz CT molecular complexity index is 393. The lowest BCUT2D eigenvalue weighted by Crippen LogP contribution is -2.43.